The molecule has 0 unspecified atom stereocenters. The van der Waals surface area contributed by atoms with Gasteiger partial charge in [-0.05, 0) is 63.2 Å². The molecular weight excluding hydrogens is 450 g/mol. The van der Waals surface area contributed by atoms with E-state index in [2.05, 4.69) is 50.3 Å². The van der Waals surface area contributed by atoms with Crippen molar-refractivity contribution >= 4 is 49.1 Å². The Bertz CT molecular complexity index is 1040. The fourth-order valence-electron chi connectivity index (χ4n) is 3.20. The van der Waals surface area contributed by atoms with Crippen LogP contribution >= 0.6 is 27.3 Å². The van der Waals surface area contributed by atoms with Crippen LogP contribution in [0.15, 0.2) is 51.9 Å². The van der Waals surface area contributed by atoms with Crippen LogP contribution in [0.4, 0.5) is 5.69 Å². The number of nitrogens with zero attached hydrogens (tertiary/aromatic N) is 3. The Hall–Kier alpha value is -1.96. The lowest BCUT2D eigenvalue weighted by Crippen LogP contribution is -2.21. The van der Waals surface area contributed by atoms with Gasteiger partial charge in [0, 0.05) is 42.0 Å². The van der Waals surface area contributed by atoms with Gasteiger partial charge >= 0.3 is 0 Å². The number of hydrogen-bond donors (Lipinski definition) is 0. The molecule has 1 heterocycles. The fourth-order valence-corrected chi connectivity index (χ4v) is 4.81. The van der Waals surface area contributed by atoms with Crippen LogP contribution in [0.3, 0.4) is 0 Å². The largest absolute Gasteiger partial charge is 0.380 e. The fraction of sp³-hybridized carbons (Fsp3) is 0.364. The van der Waals surface area contributed by atoms with Crippen molar-refractivity contribution in [2.24, 2.45) is 4.99 Å². The number of thiazole rings is 1. The number of amides is 1. The van der Waals surface area contributed by atoms with Crippen LogP contribution in [0, 0.1) is 0 Å². The molecule has 0 saturated heterocycles. The third kappa shape index (κ3) is 5.15. The van der Waals surface area contributed by atoms with Crippen molar-refractivity contribution in [3.63, 3.8) is 0 Å². The van der Waals surface area contributed by atoms with Gasteiger partial charge in [0.15, 0.2) is 4.80 Å². The van der Waals surface area contributed by atoms with E-state index in [4.69, 9.17) is 4.74 Å². The molecule has 0 aliphatic carbocycles. The molecule has 0 spiro atoms. The van der Waals surface area contributed by atoms with Gasteiger partial charge in [-0.3, -0.25) is 4.79 Å². The van der Waals surface area contributed by atoms with Crippen molar-refractivity contribution in [1.82, 2.24) is 4.57 Å². The van der Waals surface area contributed by atoms with Crippen LogP contribution < -0.4 is 9.70 Å². The number of ether oxygens (including phenoxy) is 1. The highest BCUT2D eigenvalue weighted by molar-refractivity contribution is 9.10. The lowest BCUT2D eigenvalue weighted by molar-refractivity contribution is 0.0996. The zero-order chi connectivity index (χ0) is 20.8. The SMILES string of the molecule is CCOCCn1c(=NC(=O)c2ccc(N(CC)CC)cc2)sc2cc(Br)ccc21. The number of carbonyl (C=O) groups excluding carboxylic acids is 1. The number of fused-ring (bicyclic) bond motifs is 1. The predicted octanol–water partition coefficient (Wildman–Crippen LogP) is 5.09. The van der Waals surface area contributed by atoms with E-state index in [1.807, 2.05) is 43.3 Å². The van der Waals surface area contributed by atoms with Crippen molar-refractivity contribution in [3.8, 4) is 0 Å². The van der Waals surface area contributed by atoms with Gasteiger partial charge in [0.1, 0.15) is 0 Å². The Morgan fingerprint density at radius 2 is 1.86 bits per heavy atom. The highest BCUT2D eigenvalue weighted by atomic mass is 79.9. The lowest BCUT2D eigenvalue weighted by atomic mass is 10.2. The van der Waals surface area contributed by atoms with E-state index in [9.17, 15) is 4.79 Å². The standard InChI is InChI=1S/C22H26BrN3O2S/c1-4-25(5-2)18-10-7-16(8-11-18)21(27)24-22-26(13-14-28-6-3)19-12-9-17(23)15-20(19)29-22/h7-12,15H,4-6,13-14H2,1-3H3. The van der Waals surface area contributed by atoms with Crippen molar-refractivity contribution in [3.05, 3.63) is 57.3 Å². The summed E-state index contributed by atoms with van der Waals surface area (Å²) in [5.41, 5.74) is 2.77. The normalized spacial score (nSPS) is 11.9. The molecule has 0 aliphatic heterocycles. The average Bonchev–Trinajstić information content (AvgIpc) is 3.05. The maximum absolute atomic E-state index is 12.8. The molecule has 0 bridgehead atoms. The Kier molecular flexibility index (Phi) is 7.64. The molecule has 0 saturated carbocycles. The van der Waals surface area contributed by atoms with Gasteiger partial charge < -0.3 is 14.2 Å². The smallest absolute Gasteiger partial charge is 0.279 e. The molecule has 2 aromatic carbocycles. The second kappa shape index (κ2) is 10.2. The van der Waals surface area contributed by atoms with Gasteiger partial charge in [-0.1, -0.05) is 27.3 Å². The van der Waals surface area contributed by atoms with Crippen molar-refractivity contribution < 1.29 is 9.53 Å². The topological polar surface area (TPSA) is 46.8 Å². The summed E-state index contributed by atoms with van der Waals surface area (Å²) in [5.74, 6) is -0.230. The Morgan fingerprint density at radius 1 is 1.14 bits per heavy atom. The van der Waals surface area contributed by atoms with E-state index in [0.29, 0.717) is 30.1 Å². The molecular formula is C22H26BrN3O2S. The monoisotopic (exact) mass is 475 g/mol. The van der Waals surface area contributed by atoms with Crippen LogP contribution in [0.25, 0.3) is 10.2 Å². The van der Waals surface area contributed by atoms with E-state index < -0.39 is 0 Å². The number of halogens is 1. The summed E-state index contributed by atoms with van der Waals surface area (Å²) in [5, 5.41) is 0. The third-order valence-electron chi connectivity index (χ3n) is 4.75. The highest BCUT2D eigenvalue weighted by Crippen LogP contribution is 2.22. The summed E-state index contributed by atoms with van der Waals surface area (Å²) in [7, 11) is 0. The third-order valence-corrected chi connectivity index (χ3v) is 6.28. The first kappa shape index (κ1) is 21.7. The zero-order valence-corrected chi connectivity index (χ0v) is 19.4. The van der Waals surface area contributed by atoms with E-state index in [0.717, 1.165) is 33.5 Å². The summed E-state index contributed by atoms with van der Waals surface area (Å²) in [6.07, 6.45) is 0. The van der Waals surface area contributed by atoms with Gasteiger partial charge in [-0.2, -0.15) is 4.99 Å². The maximum Gasteiger partial charge on any atom is 0.279 e. The molecule has 154 valence electrons. The second-order valence-corrected chi connectivity index (χ2v) is 8.41. The minimum atomic E-state index is -0.230. The molecule has 0 atom stereocenters. The first-order valence-electron chi connectivity index (χ1n) is 9.88. The summed E-state index contributed by atoms with van der Waals surface area (Å²) in [6.45, 7) is 10.00. The molecule has 0 N–H and O–H groups in total. The molecule has 0 fully saturated rings. The van der Waals surface area contributed by atoms with Crippen LogP contribution in [0.2, 0.25) is 0 Å². The quantitative estimate of drug-likeness (QED) is 0.426. The van der Waals surface area contributed by atoms with Crippen LogP contribution in [0.1, 0.15) is 31.1 Å². The van der Waals surface area contributed by atoms with E-state index in [1.54, 1.807) is 0 Å². The number of anilines is 1. The number of carbonyl (C=O) groups is 1. The lowest BCUT2D eigenvalue weighted by Gasteiger charge is -2.20. The number of aromatic nitrogens is 1. The molecule has 3 rings (SSSR count). The molecule has 29 heavy (non-hydrogen) atoms. The maximum atomic E-state index is 12.8. The van der Waals surface area contributed by atoms with Crippen molar-refractivity contribution in [2.75, 3.05) is 31.2 Å². The summed E-state index contributed by atoms with van der Waals surface area (Å²) in [6, 6.07) is 13.8. The minimum absolute atomic E-state index is 0.230. The Balaban J connectivity index is 1.95. The van der Waals surface area contributed by atoms with Gasteiger partial charge in [0.25, 0.3) is 5.91 Å². The molecule has 1 amide bonds. The molecule has 1 aromatic heterocycles. The Morgan fingerprint density at radius 3 is 2.52 bits per heavy atom. The second-order valence-electron chi connectivity index (χ2n) is 6.48. The number of benzene rings is 2. The molecule has 0 radical (unpaired) electrons. The molecule has 5 nitrogen and oxygen atoms in total. The average molecular weight is 476 g/mol. The first-order valence-corrected chi connectivity index (χ1v) is 11.5. The predicted molar refractivity (Wildman–Crippen MR) is 124 cm³/mol. The van der Waals surface area contributed by atoms with E-state index >= 15 is 0 Å². The molecule has 0 aliphatic rings. The van der Waals surface area contributed by atoms with Crippen molar-refractivity contribution in [1.29, 1.82) is 0 Å². The van der Waals surface area contributed by atoms with E-state index in [1.165, 1.54) is 11.3 Å². The zero-order valence-electron chi connectivity index (χ0n) is 17.0. The highest BCUT2D eigenvalue weighted by Gasteiger charge is 2.11. The van der Waals surface area contributed by atoms with Gasteiger partial charge in [-0.25, -0.2) is 0 Å². The minimum Gasteiger partial charge on any atom is -0.380 e. The van der Waals surface area contributed by atoms with Crippen LogP contribution in [-0.4, -0.2) is 36.8 Å². The summed E-state index contributed by atoms with van der Waals surface area (Å²) < 4.78 is 9.67. The van der Waals surface area contributed by atoms with Gasteiger partial charge in [-0.15, -0.1) is 0 Å². The van der Waals surface area contributed by atoms with Crippen LogP contribution in [0.5, 0.6) is 0 Å². The Labute approximate surface area is 183 Å². The summed E-state index contributed by atoms with van der Waals surface area (Å²) in [4.78, 5) is 20.2. The van der Waals surface area contributed by atoms with Gasteiger partial charge in [0.05, 0.1) is 16.8 Å². The van der Waals surface area contributed by atoms with Crippen LogP contribution in [-0.2, 0) is 11.3 Å². The summed E-state index contributed by atoms with van der Waals surface area (Å²) >= 11 is 5.04. The first-order chi connectivity index (χ1) is 14.1. The molecule has 3 aromatic rings. The van der Waals surface area contributed by atoms with Crippen molar-refractivity contribution in [2.45, 2.75) is 27.3 Å². The van der Waals surface area contributed by atoms with Gasteiger partial charge in [0.2, 0.25) is 0 Å². The number of rotatable bonds is 8. The molecule has 7 heteroatoms. The number of hydrogen-bond acceptors (Lipinski definition) is 4. The van der Waals surface area contributed by atoms with E-state index in [-0.39, 0.29) is 5.91 Å².